The van der Waals surface area contributed by atoms with E-state index in [1.807, 2.05) is 0 Å². The molecule has 6 nitrogen and oxygen atoms in total. The number of nitrogens with two attached hydrogens (primary N) is 1. The minimum absolute atomic E-state index is 0.0353. The number of fused-ring (bicyclic) bond motifs is 1. The molecule has 1 saturated heterocycles. The normalized spacial score (nSPS) is 27.2. The Morgan fingerprint density at radius 3 is 2.82 bits per heavy atom. The first kappa shape index (κ1) is 12.7. The standard InChI is InChI=1S/C9H12N2O4S2/c10-1-2-16-9-5(8(14)15)11-6(13)4(3-12)7(11)17-9/h4,7,12H,1-3,10H2,(H,14,15). The van der Waals surface area contributed by atoms with Crippen molar-refractivity contribution in [2.24, 2.45) is 11.7 Å². The number of hydrogen-bond donors (Lipinski definition) is 3. The molecule has 0 bridgehead atoms. The van der Waals surface area contributed by atoms with Crippen LogP contribution in [0.25, 0.3) is 0 Å². The summed E-state index contributed by atoms with van der Waals surface area (Å²) in [5.41, 5.74) is 5.41. The fourth-order valence-corrected chi connectivity index (χ4v) is 4.41. The van der Waals surface area contributed by atoms with Gasteiger partial charge in [0.2, 0.25) is 5.91 Å². The summed E-state index contributed by atoms with van der Waals surface area (Å²) in [6.07, 6.45) is 0. The topological polar surface area (TPSA) is 104 Å². The number of rotatable bonds is 5. The Hall–Kier alpha value is -0.700. The van der Waals surface area contributed by atoms with Crippen molar-refractivity contribution in [1.29, 1.82) is 0 Å². The Morgan fingerprint density at radius 2 is 2.29 bits per heavy atom. The number of carboxylic acid groups (broad SMARTS) is 1. The van der Waals surface area contributed by atoms with Gasteiger partial charge in [0.25, 0.3) is 0 Å². The van der Waals surface area contributed by atoms with Gasteiger partial charge in [0.1, 0.15) is 5.37 Å². The van der Waals surface area contributed by atoms with Crippen LogP contribution in [0, 0.1) is 5.92 Å². The van der Waals surface area contributed by atoms with Crippen molar-refractivity contribution in [3.05, 3.63) is 9.93 Å². The number of carbonyl (C=O) groups is 2. The molecular formula is C9H12N2O4S2. The van der Waals surface area contributed by atoms with Gasteiger partial charge in [-0.1, -0.05) is 11.8 Å². The van der Waals surface area contributed by atoms with E-state index in [4.69, 9.17) is 15.9 Å². The lowest BCUT2D eigenvalue weighted by molar-refractivity contribution is -0.153. The number of carbonyl (C=O) groups excluding carboxylic acids is 1. The van der Waals surface area contributed by atoms with Crippen molar-refractivity contribution in [3.63, 3.8) is 0 Å². The van der Waals surface area contributed by atoms with Crippen LogP contribution in [0.2, 0.25) is 0 Å². The summed E-state index contributed by atoms with van der Waals surface area (Å²) in [4.78, 5) is 24.0. The van der Waals surface area contributed by atoms with Gasteiger partial charge in [-0.15, -0.1) is 11.8 Å². The third kappa shape index (κ3) is 1.95. The molecular weight excluding hydrogens is 264 g/mol. The largest absolute Gasteiger partial charge is 0.477 e. The number of nitrogens with zero attached hydrogens (tertiary/aromatic N) is 1. The molecule has 0 aromatic carbocycles. The Labute approximate surface area is 106 Å². The highest BCUT2D eigenvalue weighted by atomic mass is 32.2. The Balaban J connectivity index is 2.20. The Bertz CT molecular complexity index is 398. The molecule has 2 atom stereocenters. The summed E-state index contributed by atoms with van der Waals surface area (Å²) in [5, 5.41) is 17.9. The first-order valence-electron chi connectivity index (χ1n) is 5.02. The minimum Gasteiger partial charge on any atom is -0.477 e. The summed E-state index contributed by atoms with van der Waals surface area (Å²) < 4.78 is 0.609. The van der Waals surface area contributed by atoms with Crippen LogP contribution in [-0.4, -0.2) is 51.3 Å². The van der Waals surface area contributed by atoms with Crippen LogP contribution in [0.15, 0.2) is 9.93 Å². The molecule has 0 spiro atoms. The van der Waals surface area contributed by atoms with Gasteiger partial charge in [0.15, 0.2) is 5.70 Å². The number of hydrogen-bond acceptors (Lipinski definition) is 6. The highest BCUT2D eigenvalue weighted by Gasteiger charge is 2.55. The third-order valence-electron chi connectivity index (χ3n) is 2.57. The van der Waals surface area contributed by atoms with E-state index in [1.54, 1.807) is 0 Å². The average Bonchev–Trinajstić information content (AvgIpc) is 2.62. The predicted molar refractivity (Wildman–Crippen MR) is 65.0 cm³/mol. The molecule has 0 aromatic rings. The maximum atomic E-state index is 11.6. The van der Waals surface area contributed by atoms with Crippen molar-refractivity contribution in [3.8, 4) is 0 Å². The predicted octanol–water partition coefficient (Wildman–Crippen LogP) is -0.544. The fraction of sp³-hybridized carbons (Fsp3) is 0.556. The Morgan fingerprint density at radius 1 is 1.59 bits per heavy atom. The lowest BCUT2D eigenvalue weighted by Gasteiger charge is -2.41. The van der Waals surface area contributed by atoms with E-state index in [2.05, 4.69) is 0 Å². The van der Waals surface area contributed by atoms with E-state index in [1.165, 1.54) is 28.4 Å². The molecule has 17 heavy (non-hydrogen) atoms. The molecule has 0 aromatic heterocycles. The highest BCUT2D eigenvalue weighted by molar-refractivity contribution is 8.22. The number of aliphatic hydroxyl groups is 1. The molecule has 8 heteroatoms. The molecule has 0 saturated carbocycles. The molecule has 94 valence electrons. The molecule has 2 heterocycles. The van der Waals surface area contributed by atoms with Crippen LogP contribution in [0.1, 0.15) is 0 Å². The van der Waals surface area contributed by atoms with Gasteiger partial charge in [-0.3, -0.25) is 9.69 Å². The number of thioether (sulfide) groups is 2. The number of β-lactam (4-membered cyclic amide) rings is 1. The van der Waals surface area contributed by atoms with Gasteiger partial charge in [0.05, 0.1) is 16.8 Å². The van der Waals surface area contributed by atoms with E-state index < -0.39 is 11.9 Å². The van der Waals surface area contributed by atoms with Gasteiger partial charge in [-0.2, -0.15) is 0 Å². The van der Waals surface area contributed by atoms with E-state index in [0.717, 1.165) is 0 Å². The zero-order chi connectivity index (χ0) is 12.6. The van der Waals surface area contributed by atoms with Crippen molar-refractivity contribution in [2.45, 2.75) is 5.37 Å². The summed E-state index contributed by atoms with van der Waals surface area (Å²) >= 11 is 2.67. The summed E-state index contributed by atoms with van der Waals surface area (Å²) in [7, 11) is 0. The van der Waals surface area contributed by atoms with Gasteiger partial charge < -0.3 is 15.9 Å². The number of aliphatic carboxylic acids is 1. The summed E-state index contributed by atoms with van der Waals surface area (Å²) in [5.74, 6) is -1.29. The maximum absolute atomic E-state index is 11.6. The van der Waals surface area contributed by atoms with Crippen molar-refractivity contribution < 1.29 is 19.8 Å². The van der Waals surface area contributed by atoms with Crippen LogP contribution >= 0.6 is 23.5 Å². The minimum atomic E-state index is -1.11. The smallest absolute Gasteiger partial charge is 0.354 e. The van der Waals surface area contributed by atoms with Crippen LogP contribution in [0.3, 0.4) is 0 Å². The quantitative estimate of drug-likeness (QED) is 0.579. The molecule has 2 rings (SSSR count). The van der Waals surface area contributed by atoms with Crippen molar-refractivity contribution >= 4 is 35.4 Å². The number of carboxylic acids is 1. The molecule has 0 radical (unpaired) electrons. The second kappa shape index (κ2) is 4.89. The van der Waals surface area contributed by atoms with Crippen LogP contribution in [0.5, 0.6) is 0 Å². The van der Waals surface area contributed by atoms with Crippen LogP contribution in [0.4, 0.5) is 0 Å². The second-order valence-electron chi connectivity index (χ2n) is 3.58. The first-order valence-corrected chi connectivity index (χ1v) is 6.89. The molecule has 0 aliphatic carbocycles. The van der Waals surface area contributed by atoms with Gasteiger partial charge in [-0.05, 0) is 0 Å². The van der Waals surface area contributed by atoms with E-state index >= 15 is 0 Å². The second-order valence-corrected chi connectivity index (χ2v) is 6.07. The lowest BCUT2D eigenvalue weighted by atomic mass is 9.99. The number of amides is 1. The highest BCUT2D eigenvalue weighted by Crippen LogP contribution is 2.52. The SMILES string of the molecule is NCCSC1=C(C(=O)O)N2C(=O)C(CO)C2S1. The monoisotopic (exact) mass is 276 g/mol. The molecule has 2 aliphatic heterocycles. The zero-order valence-electron chi connectivity index (χ0n) is 8.83. The van der Waals surface area contributed by atoms with Gasteiger partial charge in [0, 0.05) is 12.3 Å². The first-order chi connectivity index (χ1) is 8.11. The van der Waals surface area contributed by atoms with Gasteiger partial charge in [-0.25, -0.2) is 4.79 Å². The summed E-state index contributed by atoms with van der Waals surface area (Å²) in [6, 6.07) is 0. The molecule has 2 aliphatic rings. The average molecular weight is 276 g/mol. The third-order valence-corrected chi connectivity index (χ3v) is 5.29. The van der Waals surface area contributed by atoms with Crippen molar-refractivity contribution in [1.82, 2.24) is 4.90 Å². The Kier molecular flexibility index (Phi) is 3.67. The van der Waals surface area contributed by atoms with Crippen LogP contribution < -0.4 is 5.73 Å². The maximum Gasteiger partial charge on any atom is 0.354 e. The zero-order valence-corrected chi connectivity index (χ0v) is 10.5. The van der Waals surface area contributed by atoms with E-state index in [-0.39, 0.29) is 23.6 Å². The van der Waals surface area contributed by atoms with E-state index in [9.17, 15) is 9.59 Å². The van der Waals surface area contributed by atoms with E-state index in [0.29, 0.717) is 16.5 Å². The van der Waals surface area contributed by atoms with Crippen LogP contribution in [-0.2, 0) is 9.59 Å². The number of aliphatic hydroxyl groups excluding tert-OH is 1. The van der Waals surface area contributed by atoms with Gasteiger partial charge >= 0.3 is 5.97 Å². The lowest BCUT2D eigenvalue weighted by Crippen LogP contribution is -2.58. The molecule has 4 N–H and O–H groups in total. The van der Waals surface area contributed by atoms with Crippen molar-refractivity contribution in [2.75, 3.05) is 18.9 Å². The molecule has 1 fully saturated rings. The molecule has 2 unspecified atom stereocenters. The molecule has 1 amide bonds. The fourth-order valence-electron chi connectivity index (χ4n) is 1.77. The summed E-state index contributed by atoms with van der Waals surface area (Å²) in [6.45, 7) is 0.207.